The van der Waals surface area contributed by atoms with Crippen LogP contribution in [0.3, 0.4) is 0 Å². The van der Waals surface area contributed by atoms with E-state index in [0.29, 0.717) is 22.7 Å². The van der Waals surface area contributed by atoms with E-state index >= 15 is 0 Å². The molecule has 0 saturated heterocycles. The van der Waals surface area contributed by atoms with Gasteiger partial charge in [-0.05, 0) is 24.3 Å². The van der Waals surface area contributed by atoms with E-state index in [4.69, 9.17) is 21.8 Å². The Morgan fingerprint density at radius 2 is 2.25 bits per heavy atom. The highest BCUT2D eigenvalue weighted by Crippen LogP contribution is 2.17. The number of carbonyl (C=O) groups excluding carboxylic acids is 1. The fourth-order valence-corrected chi connectivity index (χ4v) is 1.81. The maximum absolute atomic E-state index is 12.0. The molecule has 102 valence electrons. The van der Waals surface area contributed by atoms with Gasteiger partial charge in [0.05, 0.1) is 24.1 Å². The summed E-state index contributed by atoms with van der Waals surface area (Å²) in [4.78, 5) is 12.0. The van der Waals surface area contributed by atoms with Gasteiger partial charge in [0, 0.05) is 23.2 Å². The van der Waals surface area contributed by atoms with E-state index < -0.39 is 0 Å². The van der Waals surface area contributed by atoms with E-state index in [-0.39, 0.29) is 12.5 Å². The van der Waals surface area contributed by atoms with Crippen LogP contribution in [-0.4, -0.2) is 12.5 Å². The predicted octanol–water partition coefficient (Wildman–Crippen LogP) is 2.17. The summed E-state index contributed by atoms with van der Waals surface area (Å²) in [5, 5.41) is 3.21. The van der Waals surface area contributed by atoms with Gasteiger partial charge in [-0.15, -0.1) is 0 Å². The number of carbonyl (C=O) groups is 1. The van der Waals surface area contributed by atoms with Gasteiger partial charge in [-0.2, -0.15) is 0 Å². The van der Waals surface area contributed by atoms with Crippen LogP contribution in [0, 0.1) is 11.8 Å². The zero-order valence-corrected chi connectivity index (χ0v) is 11.4. The molecule has 1 amide bonds. The Hall–Kier alpha value is -2.22. The quantitative estimate of drug-likeness (QED) is 0.851. The van der Waals surface area contributed by atoms with E-state index in [1.54, 1.807) is 36.8 Å². The number of hydrogen-bond acceptors (Lipinski definition) is 3. The van der Waals surface area contributed by atoms with Gasteiger partial charge < -0.3 is 15.5 Å². The van der Waals surface area contributed by atoms with Crippen molar-refractivity contribution in [1.82, 2.24) is 5.32 Å². The average Bonchev–Trinajstić information content (AvgIpc) is 2.96. The first-order valence-corrected chi connectivity index (χ1v) is 6.36. The molecule has 4 nitrogen and oxygen atoms in total. The molecule has 0 aliphatic heterocycles. The zero-order valence-electron chi connectivity index (χ0n) is 10.7. The molecule has 0 radical (unpaired) electrons. The lowest BCUT2D eigenvalue weighted by Gasteiger charge is -2.05. The summed E-state index contributed by atoms with van der Waals surface area (Å²) >= 11 is 6.07. The van der Waals surface area contributed by atoms with Crippen molar-refractivity contribution in [2.75, 3.05) is 6.54 Å². The number of nitrogens with one attached hydrogen (secondary N) is 1. The third kappa shape index (κ3) is 3.64. The average molecular weight is 289 g/mol. The highest BCUT2D eigenvalue weighted by molar-refractivity contribution is 6.32. The van der Waals surface area contributed by atoms with Crippen molar-refractivity contribution in [3.63, 3.8) is 0 Å². The van der Waals surface area contributed by atoms with Crippen LogP contribution < -0.4 is 11.1 Å². The van der Waals surface area contributed by atoms with Crippen LogP contribution in [0.25, 0.3) is 0 Å². The zero-order chi connectivity index (χ0) is 14.4. The summed E-state index contributed by atoms with van der Waals surface area (Å²) in [6.07, 6.45) is 3.14. The molecule has 5 heteroatoms. The highest BCUT2D eigenvalue weighted by atomic mass is 35.5. The third-order valence-electron chi connectivity index (χ3n) is 2.59. The summed E-state index contributed by atoms with van der Waals surface area (Å²) in [7, 11) is 0. The Bertz CT molecular complexity index is 654. The summed E-state index contributed by atoms with van der Waals surface area (Å²) in [6, 6.07) is 6.76. The predicted molar refractivity (Wildman–Crippen MR) is 77.3 cm³/mol. The van der Waals surface area contributed by atoms with Crippen molar-refractivity contribution < 1.29 is 9.21 Å². The molecule has 3 N–H and O–H groups in total. The number of halogens is 1. The Kier molecular flexibility index (Phi) is 4.83. The van der Waals surface area contributed by atoms with Crippen molar-refractivity contribution >= 4 is 17.5 Å². The fraction of sp³-hybridized carbons (Fsp3) is 0.133. The standard InChI is InChI=1S/C15H13ClN2O2/c16-14-8-13(4-3-12(14)2-1-6-17)15(19)18-9-11-5-7-20-10-11/h3-5,7-8,10H,6,9,17H2,(H,18,19). The molecule has 0 bridgehead atoms. The van der Waals surface area contributed by atoms with Crippen molar-refractivity contribution in [1.29, 1.82) is 0 Å². The second-order valence-corrected chi connectivity index (χ2v) is 4.42. The van der Waals surface area contributed by atoms with Gasteiger partial charge in [0.1, 0.15) is 0 Å². The molecule has 0 unspecified atom stereocenters. The number of benzene rings is 1. The van der Waals surface area contributed by atoms with Crippen LogP contribution in [0.1, 0.15) is 21.5 Å². The molecule has 2 aromatic rings. The van der Waals surface area contributed by atoms with Gasteiger partial charge in [0.15, 0.2) is 0 Å². The lowest BCUT2D eigenvalue weighted by atomic mass is 10.1. The lowest BCUT2D eigenvalue weighted by Crippen LogP contribution is -2.22. The van der Waals surface area contributed by atoms with Gasteiger partial charge in [-0.1, -0.05) is 23.4 Å². The van der Waals surface area contributed by atoms with Crippen LogP contribution in [0.4, 0.5) is 0 Å². The molecular weight excluding hydrogens is 276 g/mol. The maximum atomic E-state index is 12.0. The Balaban J connectivity index is 2.05. The van der Waals surface area contributed by atoms with Crippen molar-refractivity contribution in [2.45, 2.75) is 6.54 Å². The van der Waals surface area contributed by atoms with Crippen molar-refractivity contribution in [2.24, 2.45) is 5.73 Å². The first-order chi connectivity index (χ1) is 9.70. The minimum atomic E-state index is -0.202. The molecule has 0 aliphatic carbocycles. The number of furan rings is 1. The van der Waals surface area contributed by atoms with Crippen LogP contribution in [0.5, 0.6) is 0 Å². The third-order valence-corrected chi connectivity index (χ3v) is 2.90. The van der Waals surface area contributed by atoms with Gasteiger partial charge in [-0.3, -0.25) is 4.79 Å². The molecule has 1 aromatic carbocycles. The molecule has 0 saturated carbocycles. The van der Waals surface area contributed by atoms with E-state index in [1.165, 1.54) is 0 Å². The van der Waals surface area contributed by atoms with E-state index in [0.717, 1.165) is 5.56 Å². The topological polar surface area (TPSA) is 68.3 Å². The molecule has 0 aliphatic rings. The summed E-state index contributed by atoms with van der Waals surface area (Å²) < 4.78 is 4.93. The largest absolute Gasteiger partial charge is 0.472 e. The maximum Gasteiger partial charge on any atom is 0.251 e. The van der Waals surface area contributed by atoms with E-state index in [2.05, 4.69) is 17.2 Å². The molecule has 0 atom stereocenters. The van der Waals surface area contributed by atoms with Crippen LogP contribution in [-0.2, 0) is 6.54 Å². The van der Waals surface area contributed by atoms with Crippen molar-refractivity contribution in [3.05, 3.63) is 58.5 Å². The molecular formula is C15H13ClN2O2. The van der Waals surface area contributed by atoms with Crippen LogP contribution in [0.15, 0.2) is 41.2 Å². The molecule has 0 spiro atoms. The number of nitrogens with two attached hydrogens (primary N) is 1. The minimum Gasteiger partial charge on any atom is -0.472 e. The van der Waals surface area contributed by atoms with Crippen LogP contribution >= 0.6 is 11.6 Å². The van der Waals surface area contributed by atoms with E-state index in [9.17, 15) is 4.79 Å². The van der Waals surface area contributed by atoms with E-state index in [1.807, 2.05) is 0 Å². The van der Waals surface area contributed by atoms with Gasteiger partial charge in [-0.25, -0.2) is 0 Å². The monoisotopic (exact) mass is 288 g/mol. The summed E-state index contributed by atoms with van der Waals surface area (Å²) in [5.41, 5.74) is 7.34. The van der Waals surface area contributed by atoms with Gasteiger partial charge in [0.25, 0.3) is 5.91 Å². The summed E-state index contributed by atoms with van der Waals surface area (Å²) in [5.74, 6) is 5.36. The Morgan fingerprint density at radius 1 is 1.40 bits per heavy atom. The second kappa shape index (κ2) is 6.80. The first kappa shape index (κ1) is 14.2. The summed E-state index contributed by atoms with van der Waals surface area (Å²) in [6.45, 7) is 0.672. The molecule has 1 heterocycles. The van der Waals surface area contributed by atoms with Gasteiger partial charge in [0.2, 0.25) is 0 Å². The number of amides is 1. The Labute approximate surface area is 121 Å². The van der Waals surface area contributed by atoms with Crippen molar-refractivity contribution in [3.8, 4) is 11.8 Å². The molecule has 2 rings (SSSR count). The normalized spacial score (nSPS) is 9.70. The fourth-order valence-electron chi connectivity index (χ4n) is 1.58. The molecule has 1 aromatic heterocycles. The Morgan fingerprint density at radius 3 is 2.90 bits per heavy atom. The minimum absolute atomic E-state index is 0.202. The number of hydrogen-bond donors (Lipinski definition) is 2. The van der Waals surface area contributed by atoms with Crippen LogP contribution in [0.2, 0.25) is 5.02 Å². The lowest BCUT2D eigenvalue weighted by molar-refractivity contribution is 0.0951. The first-order valence-electron chi connectivity index (χ1n) is 5.98. The molecule has 0 fully saturated rings. The number of rotatable bonds is 3. The SMILES string of the molecule is NCC#Cc1ccc(C(=O)NCc2ccoc2)cc1Cl. The highest BCUT2D eigenvalue weighted by Gasteiger charge is 2.08. The smallest absolute Gasteiger partial charge is 0.251 e. The second-order valence-electron chi connectivity index (χ2n) is 4.01. The molecule has 20 heavy (non-hydrogen) atoms. The van der Waals surface area contributed by atoms with Gasteiger partial charge >= 0.3 is 0 Å².